The van der Waals surface area contributed by atoms with Crippen LogP contribution in [-0.4, -0.2) is 77.5 Å². The van der Waals surface area contributed by atoms with Crippen LogP contribution in [0.15, 0.2) is 47.4 Å². The van der Waals surface area contributed by atoms with Gasteiger partial charge in [-0.3, -0.25) is 9.10 Å². The quantitative estimate of drug-likeness (QED) is 0.545. The molecule has 0 saturated carbocycles. The second kappa shape index (κ2) is 10.1. The number of sulfonamides is 2. The number of nitrogens with zero attached hydrogens (tertiary/aromatic N) is 3. The maximum Gasteiger partial charge on any atom is 0.246 e. The van der Waals surface area contributed by atoms with E-state index in [1.807, 2.05) is 6.92 Å². The lowest BCUT2D eigenvalue weighted by molar-refractivity contribution is -0.133. The smallest absolute Gasteiger partial charge is 0.246 e. The highest BCUT2D eigenvalue weighted by Gasteiger charge is 2.36. The number of amides is 1. The van der Waals surface area contributed by atoms with E-state index in [0.717, 1.165) is 16.1 Å². The van der Waals surface area contributed by atoms with Crippen LogP contribution in [0.25, 0.3) is 0 Å². The summed E-state index contributed by atoms with van der Waals surface area (Å²) in [5.41, 5.74) is 1.19. The summed E-state index contributed by atoms with van der Waals surface area (Å²) in [7, 11) is -6.07. The minimum Gasteiger partial charge on any atom is -0.495 e. The average Bonchev–Trinajstić information content (AvgIpc) is 2.78. The normalized spacial score (nSPS) is 16.2. The number of ether oxygens (including phenoxy) is 1. The number of methoxy groups -OCH3 is 1. The number of piperazine rings is 1. The van der Waals surface area contributed by atoms with E-state index in [1.165, 1.54) is 41.4 Å². The Morgan fingerprint density at radius 2 is 1.62 bits per heavy atom. The Bertz CT molecular complexity index is 1260. The van der Waals surface area contributed by atoms with E-state index in [2.05, 4.69) is 0 Å². The maximum absolute atomic E-state index is 13.2. The molecule has 3 rings (SSSR count). The molecule has 1 aliphatic heterocycles. The predicted octanol–water partition coefficient (Wildman–Crippen LogP) is 2.34. The van der Waals surface area contributed by atoms with Crippen molar-refractivity contribution in [1.29, 1.82) is 0 Å². The van der Waals surface area contributed by atoms with Crippen LogP contribution < -0.4 is 9.04 Å². The molecule has 0 spiro atoms. The molecule has 0 N–H and O–H groups in total. The Morgan fingerprint density at radius 1 is 1.03 bits per heavy atom. The van der Waals surface area contributed by atoms with Crippen molar-refractivity contribution in [1.82, 2.24) is 9.21 Å². The van der Waals surface area contributed by atoms with Crippen molar-refractivity contribution in [3.05, 3.63) is 53.1 Å². The highest BCUT2D eigenvalue weighted by atomic mass is 35.5. The second-order valence-corrected chi connectivity index (χ2v) is 12.3. The molecule has 0 aliphatic carbocycles. The molecule has 1 saturated heterocycles. The number of anilines is 1. The van der Waals surface area contributed by atoms with Crippen LogP contribution in [0.5, 0.6) is 5.75 Å². The zero-order chi connectivity index (χ0) is 25.3. The van der Waals surface area contributed by atoms with Crippen molar-refractivity contribution in [3.8, 4) is 5.75 Å². The molecule has 2 aromatic carbocycles. The molecular weight excluding hydrogens is 502 g/mol. The van der Waals surface area contributed by atoms with Crippen molar-refractivity contribution in [2.24, 2.45) is 0 Å². The summed E-state index contributed by atoms with van der Waals surface area (Å²) in [6.45, 7) is 3.90. The van der Waals surface area contributed by atoms with Crippen LogP contribution in [0, 0.1) is 6.92 Å². The van der Waals surface area contributed by atoms with Gasteiger partial charge < -0.3 is 9.64 Å². The first-order valence-electron chi connectivity index (χ1n) is 10.5. The number of hydrogen-bond acceptors (Lipinski definition) is 6. The highest BCUT2D eigenvalue weighted by Crippen LogP contribution is 2.31. The van der Waals surface area contributed by atoms with Crippen molar-refractivity contribution >= 4 is 43.2 Å². The maximum atomic E-state index is 13.2. The van der Waals surface area contributed by atoms with E-state index >= 15 is 0 Å². The van der Waals surface area contributed by atoms with E-state index in [4.69, 9.17) is 16.3 Å². The van der Waals surface area contributed by atoms with Gasteiger partial charge in [0.15, 0.2) is 0 Å². The molecule has 34 heavy (non-hydrogen) atoms. The Hall–Kier alpha value is -2.34. The summed E-state index contributed by atoms with van der Waals surface area (Å²) in [5.74, 6) is -0.0477. The first kappa shape index (κ1) is 26.3. The van der Waals surface area contributed by atoms with Crippen LogP contribution in [0.2, 0.25) is 5.02 Å². The topological polar surface area (TPSA) is 104 Å². The predicted molar refractivity (Wildman–Crippen MR) is 131 cm³/mol. The summed E-state index contributed by atoms with van der Waals surface area (Å²) in [5, 5.41) is 0.211. The average molecular weight is 530 g/mol. The minimum absolute atomic E-state index is 0.113. The number of carbonyl (C=O) groups excluding carboxylic acids is 1. The van der Waals surface area contributed by atoms with Gasteiger partial charge in [-0.2, -0.15) is 4.31 Å². The molecule has 12 heteroatoms. The molecule has 0 aromatic heterocycles. The van der Waals surface area contributed by atoms with Gasteiger partial charge in [-0.15, -0.1) is 0 Å². The van der Waals surface area contributed by atoms with Gasteiger partial charge >= 0.3 is 0 Å². The fourth-order valence-corrected chi connectivity index (χ4v) is 6.70. The van der Waals surface area contributed by atoms with Gasteiger partial charge in [0.25, 0.3) is 0 Å². The van der Waals surface area contributed by atoms with Crippen LogP contribution in [0.1, 0.15) is 12.5 Å². The molecule has 0 radical (unpaired) electrons. The highest BCUT2D eigenvalue weighted by molar-refractivity contribution is 7.92. The van der Waals surface area contributed by atoms with Crippen molar-refractivity contribution in [2.75, 3.05) is 43.8 Å². The molecule has 0 bridgehead atoms. The van der Waals surface area contributed by atoms with E-state index in [0.29, 0.717) is 5.75 Å². The van der Waals surface area contributed by atoms with Crippen LogP contribution in [0.3, 0.4) is 0 Å². The summed E-state index contributed by atoms with van der Waals surface area (Å²) in [6, 6.07) is 10.0. The van der Waals surface area contributed by atoms with Gasteiger partial charge in [-0.25, -0.2) is 16.8 Å². The first-order chi connectivity index (χ1) is 15.9. The van der Waals surface area contributed by atoms with E-state index < -0.39 is 32.0 Å². The lowest BCUT2D eigenvalue weighted by Crippen LogP contribution is -2.56. The Balaban J connectivity index is 1.76. The molecule has 1 aliphatic rings. The van der Waals surface area contributed by atoms with Gasteiger partial charge in [0.1, 0.15) is 11.8 Å². The van der Waals surface area contributed by atoms with Crippen LogP contribution in [0.4, 0.5) is 5.69 Å². The lowest BCUT2D eigenvalue weighted by atomic mass is 10.2. The SMILES string of the molecule is COc1ccc(N(C(C)C(=O)N2CCN(S(=O)(=O)c3ccc(C)cc3)CC2)S(C)(=O)=O)cc1Cl. The molecule has 186 valence electrons. The largest absolute Gasteiger partial charge is 0.495 e. The Kier molecular flexibility index (Phi) is 7.81. The fourth-order valence-electron chi connectivity index (χ4n) is 3.87. The standard InChI is InChI=1S/C22H28ClN3O6S2/c1-16-5-8-19(9-6-16)34(30,31)25-13-11-24(12-14-25)22(27)17(2)26(33(4,28)29)18-7-10-21(32-3)20(23)15-18/h5-10,15,17H,11-14H2,1-4H3. The summed E-state index contributed by atoms with van der Waals surface area (Å²) in [6.07, 6.45) is 1.01. The van der Waals surface area contributed by atoms with Gasteiger partial charge in [0.2, 0.25) is 26.0 Å². The van der Waals surface area contributed by atoms with Crippen molar-refractivity contribution in [3.63, 3.8) is 0 Å². The summed E-state index contributed by atoms with van der Waals surface area (Å²) in [4.78, 5) is 14.9. The fraction of sp³-hybridized carbons (Fsp3) is 0.409. The Labute approximate surface area is 206 Å². The summed E-state index contributed by atoms with van der Waals surface area (Å²) < 4.78 is 58.5. The molecule has 2 aromatic rings. The number of aryl methyl sites for hydroxylation is 1. The van der Waals surface area contributed by atoms with E-state index in [-0.39, 0.29) is 41.8 Å². The molecule has 1 amide bonds. The third-order valence-electron chi connectivity index (χ3n) is 5.67. The molecule has 1 fully saturated rings. The van der Waals surface area contributed by atoms with Crippen LogP contribution >= 0.6 is 11.6 Å². The molecule has 9 nitrogen and oxygen atoms in total. The number of carbonyl (C=O) groups is 1. The van der Waals surface area contributed by atoms with Crippen molar-refractivity contribution in [2.45, 2.75) is 24.8 Å². The zero-order valence-electron chi connectivity index (χ0n) is 19.4. The van der Waals surface area contributed by atoms with E-state index in [9.17, 15) is 21.6 Å². The Morgan fingerprint density at radius 3 is 2.12 bits per heavy atom. The van der Waals surface area contributed by atoms with E-state index in [1.54, 1.807) is 24.3 Å². The number of rotatable bonds is 7. The summed E-state index contributed by atoms with van der Waals surface area (Å²) >= 11 is 6.17. The number of hydrogen-bond donors (Lipinski definition) is 0. The minimum atomic E-state index is -3.83. The number of halogens is 1. The van der Waals surface area contributed by atoms with Gasteiger partial charge in [-0.05, 0) is 44.2 Å². The van der Waals surface area contributed by atoms with Gasteiger partial charge in [0, 0.05) is 26.2 Å². The van der Waals surface area contributed by atoms with Crippen LogP contribution in [-0.2, 0) is 24.8 Å². The molecule has 1 unspecified atom stereocenters. The molecular formula is C22H28ClN3O6S2. The first-order valence-corrected chi connectivity index (χ1v) is 14.2. The lowest BCUT2D eigenvalue weighted by Gasteiger charge is -2.37. The zero-order valence-corrected chi connectivity index (χ0v) is 21.8. The molecule has 1 heterocycles. The van der Waals surface area contributed by atoms with Crippen molar-refractivity contribution < 1.29 is 26.4 Å². The van der Waals surface area contributed by atoms with Gasteiger partial charge in [0.05, 0.1) is 29.0 Å². The second-order valence-electron chi connectivity index (χ2n) is 8.10. The third-order valence-corrected chi connectivity index (χ3v) is 9.12. The third kappa shape index (κ3) is 5.48. The number of benzene rings is 2. The molecule has 1 atom stereocenters. The monoisotopic (exact) mass is 529 g/mol. The van der Waals surface area contributed by atoms with Gasteiger partial charge in [-0.1, -0.05) is 29.3 Å².